The maximum absolute atomic E-state index is 9.37. The van der Waals surface area contributed by atoms with E-state index >= 15 is 0 Å². The molecule has 3 aromatic heterocycles. The summed E-state index contributed by atoms with van der Waals surface area (Å²) < 4.78 is 0. The SMILES string of the molecule is N#Cc1cccc(-c2ccc(-c3cc4c5cccnc5c(-c5cccc(-c6nc(-c7ccccc7)nc(-c7ccccc7)n6)c5)cc4c4ccccc34)cc2)n1. The molecule has 7 aromatic carbocycles. The van der Waals surface area contributed by atoms with Crippen LogP contribution in [-0.2, 0) is 0 Å². The van der Waals surface area contributed by atoms with Crippen molar-refractivity contribution >= 4 is 32.4 Å². The van der Waals surface area contributed by atoms with Gasteiger partial charge in [-0.05, 0) is 74.6 Å². The van der Waals surface area contributed by atoms with Gasteiger partial charge >= 0.3 is 0 Å². The molecule has 0 amide bonds. The molecular weight excluding hydrogens is 685 g/mol. The van der Waals surface area contributed by atoms with Crippen molar-refractivity contribution in [3.63, 3.8) is 0 Å². The monoisotopic (exact) mass is 714 g/mol. The molecule has 6 heteroatoms. The van der Waals surface area contributed by atoms with Crippen molar-refractivity contribution in [3.8, 4) is 73.7 Å². The molecule has 0 aliphatic heterocycles. The Kier molecular flexibility index (Phi) is 8.09. The van der Waals surface area contributed by atoms with Gasteiger partial charge in [0.1, 0.15) is 11.8 Å². The second-order valence-corrected chi connectivity index (χ2v) is 13.6. The fourth-order valence-corrected chi connectivity index (χ4v) is 7.53. The Balaban J connectivity index is 1.13. The highest BCUT2D eigenvalue weighted by atomic mass is 15.0. The second kappa shape index (κ2) is 13.8. The van der Waals surface area contributed by atoms with E-state index < -0.39 is 0 Å². The highest BCUT2D eigenvalue weighted by Gasteiger charge is 2.17. The molecule has 6 nitrogen and oxygen atoms in total. The Bertz CT molecular complexity index is 3080. The van der Waals surface area contributed by atoms with Crippen LogP contribution in [0, 0.1) is 11.3 Å². The molecule has 0 atom stereocenters. The lowest BCUT2D eigenvalue weighted by atomic mass is 9.88. The first-order valence-corrected chi connectivity index (χ1v) is 18.4. The van der Waals surface area contributed by atoms with E-state index in [4.69, 9.17) is 19.9 Å². The van der Waals surface area contributed by atoms with Gasteiger partial charge in [0.05, 0.1) is 11.2 Å². The first-order valence-electron chi connectivity index (χ1n) is 18.4. The van der Waals surface area contributed by atoms with Gasteiger partial charge in [-0.3, -0.25) is 4.98 Å². The van der Waals surface area contributed by atoms with Gasteiger partial charge in [-0.25, -0.2) is 19.9 Å². The van der Waals surface area contributed by atoms with Crippen molar-refractivity contribution in [1.29, 1.82) is 5.26 Å². The molecule has 0 aliphatic rings. The van der Waals surface area contributed by atoms with E-state index in [1.807, 2.05) is 85.1 Å². The molecule has 0 radical (unpaired) electrons. The summed E-state index contributed by atoms with van der Waals surface area (Å²) in [5, 5.41) is 15.0. The summed E-state index contributed by atoms with van der Waals surface area (Å²) >= 11 is 0. The van der Waals surface area contributed by atoms with Crippen molar-refractivity contribution in [1.82, 2.24) is 24.9 Å². The number of fused-ring (bicyclic) bond motifs is 5. The number of hydrogen-bond donors (Lipinski definition) is 0. The van der Waals surface area contributed by atoms with Crippen LogP contribution in [-0.4, -0.2) is 24.9 Å². The highest BCUT2D eigenvalue weighted by Crippen LogP contribution is 2.42. The van der Waals surface area contributed by atoms with Crippen molar-refractivity contribution < 1.29 is 0 Å². The van der Waals surface area contributed by atoms with Gasteiger partial charge in [-0.2, -0.15) is 5.26 Å². The topological polar surface area (TPSA) is 88.2 Å². The zero-order valence-electron chi connectivity index (χ0n) is 30.0. The van der Waals surface area contributed by atoms with Gasteiger partial charge in [0.25, 0.3) is 0 Å². The Morgan fingerprint density at radius 3 is 1.62 bits per heavy atom. The summed E-state index contributed by atoms with van der Waals surface area (Å²) in [7, 11) is 0. The minimum atomic E-state index is 0.402. The molecule has 260 valence electrons. The van der Waals surface area contributed by atoms with Gasteiger partial charge in [0, 0.05) is 39.4 Å². The second-order valence-electron chi connectivity index (χ2n) is 13.6. The smallest absolute Gasteiger partial charge is 0.164 e. The lowest BCUT2D eigenvalue weighted by Crippen LogP contribution is -2.00. The zero-order valence-corrected chi connectivity index (χ0v) is 30.0. The predicted molar refractivity (Wildman–Crippen MR) is 225 cm³/mol. The van der Waals surface area contributed by atoms with Crippen molar-refractivity contribution in [2.75, 3.05) is 0 Å². The van der Waals surface area contributed by atoms with Crippen LogP contribution >= 0.6 is 0 Å². The lowest BCUT2D eigenvalue weighted by molar-refractivity contribution is 1.07. The van der Waals surface area contributed by atoms with Crippen LogP contribution in [0.3, 0.4) is 0 Å². The van der Waals surface area contributed by atoms with Gasteiger partial charge < -0.3 is 0 Å². The maximum atomic E-state index is 9.37. The number of hydrogen-bond acceptors (Lipinski definition) is 6. The molecule has 10 rings (SSSR count). The Morgan fingerprint density at radius 1 is 0.357 bits per heavy atom. The number of nitriles is 1. The Morgan fingerprint density at radius 2 is 0.911 bits per heavy atom. The van der Waals surface area contributed by atoms with Crippen LogP contribution in [0.2, 0.25) is 0 Å². The van der Waals surface area contributed by atoms with Crippen LogP contribution in [0.5, 0.6) is 0 Å². The quantitative estimate of drug-likeness (QED) is 0.159. The van der Waals surface area contributed by atoms with E-state index in [-0.39, 0.29) is 0 Å². The molecule has 0 fully saturated rings. The summed E-state index contributed by atoms with van der Waals surface area (Å²) in [5.74, 6) is 1.85. The highest BCUT2D eigenvalue weighted by molar-refractivity contribution is 6.23. The molecule has 0 unspecified atom stereocenters. The largest absolute Gasteiger partial charge is 0.256 e. The van der Waals surface area contributed by atoms with E-state index in [0.717, 1.165) is 82.6 Å². The molecule has 56 heavy (non-hydrogen) atoms. The maximum Gasteiger partial charge on any atom is 0.164 e. The molecule has 0 saturated carbocycles. The minimum absolute atomic E-state index is 0.402. The van der Waals surface area contributed by atoms with Crippen LogP contribution < -0.4 is 0 Å². The van der Waals surface area contributed by atoms with Crippen molar-refractivity contribution in [2.24, 2.45) is 0 Å². The number of pyridine rings is 2. The predicted octanol–water partition coefficient (Wildman–Crippen LogP) is 12.0. The first-order chi connectivity index (χ1) is 27.7. The third-order valence-electron chi connectivity index (χ3n) is 10.2. The molecule has 10 aromatic rings. The fraction of sp³-hybridized carbons (Fsp3) is 0. The van der Waals surface area contributed by atoms with Crippen molar-refractivity contribution in [3.05, 3.63) is 188 Å². The standard InChI is InChI=1S/C50H30N6/c51-31-38-18-10-22-46(53-38)33-25-23-32(24-26-33)42-29-45-41-21-11-27-52-47(41)43(30-44(45)40-20-8-7-19-39(40)42)36-16-9-17-37(28-36)50-55-48(34-12-3-1-4-13-34)54-49(56-50)35-14-5-2-6-15-35/h1-30H. The molecular formula is C50H30N6. The van der Waals surface area contributed by atoms with E-state index in [2.05, 4.69) is 102 Å². The van der Waals surface area contributed by atoms with Crippen LogP contribution in [0.1, 0.15) is 5.69 Å². The van der Waals surface area contributed by atoms with Crippen molar-refractivity contribution in [2.45, 2.75) is 0 Å². The zero-order chi connectivity index (χ0) is 37.4. The van der Waals surface area contributed by atoms with Gasteiger partial charge in [0.15, 0.2) is 17.5 Å². The van der Waals surface area contributed by atoms with E-state index in [1.54, 1.807) is 6.07 Å². The number of rotatable bonds is 6. The Labute approximate surface area is 323 Å². The molecule has 3 heterocycles. The third kappa shape index (κ3) is 5.90. The average Bonchev–Trinajstić information content (AvgIpc) is 3.29. The molecule has 0 bridgehead atoms. The van der Waals surface area contributed by atoms with Gasteiger partial charge in [-0.15, -0.1) is 0 Å². The fourth-order valence-electron chi connectivity index (χ4n) is 7.53. The third-order valence-corrected chi connectivity index (χ3v) is 10.2. The van der Waals surface area contributed by atoms with Crippen LogP contribution in [0.15, 0.2) is 182 Å². The summed E-state index contributed by atoms with van der Waals surface area (Å²) in [6.07, 6.45) is 1.86. The molecule has 0 N–H and O–H groups in total. The number of nitrogens with zero attached hydrogens (tertiary/aromatic N) is 6. The van der Waals surface area contributed by atoms with Gasteiger partial charge in [0.2, 0.25) is 0 Å². The molecule has 0 aliphatic carbocycles. The summed E-state index contributed by atoms with van der Waals surface area (Å²) in [6, 6.07) is 61.9. The molecule has 0 saturated heterocycles. The summed E-state index contributed by atoms with van der Waals surface area (Å²) in [4.78, 5) is 24.4. The van der Waals surface area contributed by atoms with Crippen LogP contribution in [0.4, 0.5) is 0 Å². The average molecular weight is 715 g/mol. The van der Waals surface area contributed by atoms with E-state index in [0.29, 0.717) is 23.2 Å². The number of benzene rings is 7. The summed E-state index contributed by atoms with van der Waals surface area (Å²) in [5.41, 5.74) is 10.1. The van der Waals surface area contributed by atoms with E-state index in [9.17, 15) is 5.26 Å². The van der Waals surface area contributed by atoms with Crippen LogP contribution in [0.25, 0.3) is 100 Å². The summed E-state index contributed by atoms with van der Waals surface area (Å²) in [6.45, 7) is 0. The van der Waals surface area contributed by atoms with E-state index in [1.165, 1.54) is 0 Å². The minimum Gasteiger partial charge on any atom is -0.256 e. The Hall–Kier alpha value is -7.88. The normalized spacial score (nSPS) is 11.2. The molecule has 0 spiro atoms. The van der Waals surface area contributed by atoms with Gasteiger partial charge in [-0.1, -0.05) is 140 Å². The number of aromatic nitrogens is 5. The first kappa shape index (κ1) is 32.7. The lowest BCUT2D eigenvalue weighted by Gasteiger charge is -2.16.